The molecule has 4 nitrogen and oxygen atoms in total. The number of nitrogens with two attached hydrogens (primary N) is 1. The largest absolute Gasteiger partial charge is 0.326 e. The van der Waals surface area contributed by atoms with E-state index in [1.165, 1.54) is 25.7 Å². The van der Waals surface area contributed by atoms with Gasteiger partial charge in [0.25, 0.3) is 0 Å². The zero-order valence-corrected chi connectivity index (χ0v) is 13.2. The molecule has 0 heterocycles. The van der Waals surface area contributed by atoms with Gasteiger partial charge in [-0.2, -0.15) is 0 Å². The maximum absolute atomic E-state index is 12.7. The van der Waals surface area contributed by atoms with Gasteiger partial charge in [-0.25, -0.2) is 12.7 Å². The lowest BCUT2D eigenvalue weighted by atomic mass is 10.1. The van der Waals surface area contributed by atoms with Crippen molar-refractivity contribution in [2.24, 2.45) is 17.6 Å². The van der Waals surface area contributed by atoms with Gasteiger partial charge in [0.2, 0.25) is 10.0 Å². The van der Waals surface area contributed by atoms with Crippen LogP contribution >= 0.6 is 0 Å². The fourth-order valence-corrected chi connectivity index (χ4v) is 4.29. The second-order valence-electron chi connectivity index (χ2n) is 6.48. The van der Waals surface area contributed by atoms with Crippen LogP contribution in [0.2, 0.25) is 0 Å². The molecule has 2 fully saturated rings. The molecule has 116 valence electrons. The number of rotatable bonds is 8. The fourth-order valence-electron chi connectivity index (χ4n) is 2.63. The monoisotopic (exact) mass is 308 g/mol. The van der Waals surface area contributed by atoms with Gasteiger partial charge in [-0.05, 0) is 48.6 Å². The molecule has 0 bridgehead atoms. The van der Waals surface area contributed by atoms with Crippen molar-refractivity contribution in [2.75, 3.05) is 13.1 Å². The highest BCUT2D eigenvalue weighted by molar-refractivity contribution is 7.88. The minimum atomic E-state index is -3.22. The molecule has 0 saturated heterocycles. The summed E-state index contributed by atoms with van der Waals surface area (Å²) in [4.78, 5) is 0. The molecule has 2 aliphatic rings. The summed E-state index contributed by atoms with van der Waals surface area (Å²) in [6.07, 6.45) is 4.72. The van der Waals surface area contributed by atoms with Crippen molar-refractivity contribution in [2.45, 2.75) is 38.0 Å². The van der Waals surface area contributed by atoms with E-state index in [-0.39, 0.29) is 5.75 Å². The summed E-state index contributed by atoms with van der Waals surface area (Å²) in [6.45, 7) is 1.88. The Balaban J connectivity index is 1.72. The van der Waals surface area contributed by atoms with Gasteiger partial charge in [0.15, 0.2) is 0 Å². The minimum Gasteiger partial charge on any atom is -0.326 e. The Kier molecular flexibility index (Phi) is 4.33. The fraction of sp³-hybridized carbons (Fsp3) is 0.625. The van der Waals surface area contributed by atoms with Crippen molar-refractivity contribution in [3.63, 3.8) is 0 Å². The third kappa shape index (κ3) is 4.28. The molecule has 0 unspecified atom stereocenters. The summed E-state index contributed by atoms with van der Waals surface area (Å²) < 4.78 is 27.2. The number of hydrogen-bond donors (Lipinski definition) is 1. The van der Waals surface area contributed by atoms with E-state index < -0.39 is 10.0 Å². The molecule has 5 heteroatoms. The summed E-state index contributed by atoms with van der Waals surface area (Å²) in [5.41, 5.74) is 7.46. The quantitative estimate of drug-likeness (QED) is 0.800. The van der Waals surface area contributed by atoms with Crippen LogP contribution in [0.1, 0.15) is 36.8 Å². The number of hydrogen-bond acceptors (Lipinski definition) is 3. The van der Waals surface area contributed by atoms with E-state index in [9.17, 15) is 8.42 Å². The summed E-state index contributed by atoms with van der Waals surface area (Å²) in [5, 5.41) is 0. The number of sulfonamides is 1. The highest BCUT2D eigenvalue weighted by Crippen LogP contribution is 2.35. The Labute approximate surface area is 127 Å². The second kappa shape index (κ2) is 6.07. The van der Waals surface area contributed by atoms with Crippen molar-refractivity contribution in [1.82, 2.24) is 4.31 Å². The maximum atomic E-state index is 12.7. The van der Waals surface area contributed by atoms with Crippen molar-refractivity contribution in [1.29, 1.82) is 0 Å². The van der Waals surface area contributed by atoms with Gasteiger partial charge in [-0.3, -0.25) is 0 Å². The van der Waals surface area contributed by atoms with Crippen LogP contribution in [0.15, 0.2) is 24.3 Å². The van der Waals surface area contributed by atoms with Gasteiger partial charge >= 0.3 is 0 Å². The Bertz CT molecular complexity index is 578. The van der Waals surface area contributed by atoms with Crippen molar-refractivity contribution in [3.05, 3.63) is 35.4 Å². The highest BCUT2D eigenvalue weighted by atomic mass is 32.2. The summed E-state index contributed by atoms with van der Waals surface area (Å²) in [7, 11) is -3.22. The van der Waals surface area contributed by atoms with Crippen LogP contribution in [0.3, 0.4) is 0 Å². The van der Waals surface area contributed by atoms with Crippen LogP contribution in [0, 0.1) is 11.8 Å². The molecule has 0 aromatic heterocycles. The van der Waals surface area contributed by atoms with Crippen molar-refractivity contribution >= 4 is 10.0 Å². The number of nitrogens with zero attached hydrogens (tertiary/aromatic N) is 1. The van der Waals surface area contributed by atoms with Gasteiger partial charge in [0, 0.05) is 19.6 Å². The van der Waals surface area contributed by atoms with Gasteiger partial charge in [-0.1, -0.05) is 24.3 Å². The van der Waals surface area contributed by atoms with E-state index in [1.54, 1.807) is 4.31 Å². The molecule has 0 radical (unpaired) electrons. The van der Waals surface area contributed by atoms with E-state index >= 15 is 0 Å². The van der Waals surface area contributed by atoms with E-state index in [0.717, 1.165) is 24.2 Å². The van der Waals surface area contributed by atoms with Crippen LogP contribution in [0.25, 0.3) is 0 Å². The Morgan fingerprint density at radius 3 is 2.14 bits per heavy atom. The van der Waals surface area contributed by atoms with Gasteiger partial charge in [0.1, 0.15) is 0 Å². The first kappa shape index (κ1) is 15.0. The van der Waals surface area contributed by atoms with E-state index in [1.807, 2.05) is 24.3 Å². The van der Waals surface area contributed by atoms with Crippen molar-refractivity contribution in [3.8, 4) is 0 Å². The number of benzene rings is 1. The van der Waals surface area contributed by atoms with Crippen molar-refractivity contribution < 1.29 is 8.42 Å². The lowest BCUT2D eigenvalue weighted by Crippen LogP contribution is -2.35. The Morgan fingerprint density at radius 1 is 1.05 bits per heavy atom. The molecule has 1 aromatic carbocycles. The second-order valence-corrected chi connectivity index (χ2v) is 8.45. The smallest absolute Gasteiger partial charge is 0.218 e. The van der Waals surface area contributed by atoms with Crippen LogP contribution in [0.5, 0.6) is 0 Å². The van der Waals surface area contributed by atoms with Gasteiger partial charge in [0.05, 0.1) is 5.75 Å². The third-order valence-electron chi connectivity index (χ3n) is 4.29. The lowest BCUT2D eigenvalue weighted by molar-refractivity contribution is 0.381. The molecule has 2 N–H and O–H groups in total. The Hall–Kier alpha value is -0.910. The molecule has 0 aliphatic heterocycles. The van der Waals surface area contributed by atoms with Crippen LogP contribution in [-0.4, -0.2) is 25.8 Å². The first-order valence-electron chi connectivity index (χ1n) is 7.82. The molecule has 0 amide bonds. The average Bonchev–Trinajstić information content (AvgIpc) is 3.33. The summed E-state index contributed by atoms with van der Waals surface area (Å²) in [6, 6.07) is 7.61. The average molecular weight is 308 g/mol. The highest BCUT2D eigenvalue weighted by Gasteiger charge is 2.34. The predicted molar refractivity (Wildman–Crippen MR) is 84.0 cm³/mol. The molecule has 0 atom stereocenters. The zero-order chi connectivity index (χ0) is 14.9. The molecule has 3 rings (SSSR count). The minimum absolute atomic E-state index is 0.0975. The topological polar surface area (TPSA) is 63.4 Å². The van der Waals surface area contributed by atoms with Crippen LogP contribution < -0.4 is 5.73 Å². The maximum Gasteiger partial charge on any atom is 0.218 e. The van der Waals surface area contributed by atoms with Gasteiger partial charge < -0.3 is 5.73 Å². The molecule has 21 heavy (non-hydrogen) atoms. The Morgan fingerprint density at radius 2 is 1.62 bits per heavy atom. The molecule has 2 aliphatic carbocycles. The first-order valence-corrected chi connectivity index (χ1v) is 9.43. The molecule has 0 spiro atoms. The zero-order valence-electron chi connectivity index (χ0n) is 12.4. The molecular weight excluding hydrogens is 284 g/mol. The normalized spacial score (nSPS) is 19.1. The van der Waals surface area contributed by atoms with E-state index in [2.05, 4.69) is 0 Å². The molecule has 1 aromatic rings. The summed E-state index contributed by atoms with van der Waals surface area (Å²) in [5.74, 6) is 1.28. The van der Waals surface area contributed by atoms with E-state index in [4.69, 9.17) is 5.73 Å². The standard InChI is InChI=1S/C16H24N2O2S/c17-9-15-2-1-3-16(8-15)12-21(19,20)18(10-13-4-5-13)11-14-6-7-14/h1-3,8,13-14H,4-7,9-12,17H2. The van der Waals surface area contributed by atoms with Crippen LogP contribution in [0.4, 0.5) is 0 Å². The lowest BCUT2D eigenvalue weighted by Gasteiger charge is -2.22. The molecular formula is C16H24N2O2S. The van der Waals surface area contributed by atoms with Gasteiger partial charge in [-0.15, -0.1) is 0 Å². The first-order chi connectivity index (χ1) is 10.1. The van der Waals surface area contributed by atoms with E-state index in [0.29, 0.717) is 18.4 Å². The predicted octanol–water partition coefficient (Wildman–Crippen LogP) is 2.10. The third-order valence-corrected chi connectivity index (χ3v) is 6.07. The molecule has 2 saturated carbocycles. The van der Waals surface area contributed by atoms with Crippen LogP contribution in [-0.2, 0) is 22.3 Å². The SMILES string of the molecule is NCc1cccc(CS(=O)(=O)N(CC2CC2)CC2CC2)c1. The summed E-state index contributed by atoms with van der Waals surface area (Å²) >= 11 is 0.